The number of aryl methyl sites for hydroxylation is 1. The fraction of sp³-hybridized carbons (Fsp3) is 0.500. The van der Waals surface area contributed by atoms with Crippen LogP contribution in [0.3, 0.4) is 0 Å². The minimum Gasteiger partial charge on any atom is -0.496 e. The van der Waals surface area contributed by atoms with E-state index >= 15 is 0 Å². The zero-order chi connectivity index (χ0) is 13.4. The molecular formula is C16H23NO. The first-order valence-electron chi connectivity index (χ1n) is 6.50. The Morgan fingerprint density at radius 1 is 1.39 bits per heavy atom. The van der Waals surface area contributed by atoms with Crippen LogP contribution in [-0.4, -0.2) is 13.7 Å². The number of rotatable bonds is 6. The first-order chi connectivity index (χ1) is 8.72. The molecule has 1 rings (SSSR count). The molecular weight excluding hydrogens is 222 g/mol. The van der Waals surface area contributed by atoms with Crippen LogP contribution in [0.1, 0.15) is 43.9 Å². The fourth-order valence-corrected chi connectivity index (χ4v) is 1.92. The van der Waals surface area contributed by atoms with E-state index < -0.39 is 0 Å². The van der Waals surface area contributed by atoms with Crippen molar-refractivity contribution >= 4 is 0 Å². The lowest BCUT2D eigenvalue weighted by atomic mass is 10.0. The van der Waals surface area contributed by atoms with Crippen molar-refractivity contribution in [1.29, 1.82) is 0 Å². The van der Waals surface area contributed by atoms with Gasteiger partial charge < -0.3 is 10.1 Å². The summed E-state index contributed by atoms with van der Waals surface area (Å²) in [4.78, 5) is 0. The summed E-state index contributed by atoms with van der Waals surface area (Å²) in [6.07, 6.45) is 1.93. The molecule has 1 unspecified atom stereocenters. The third-order valence-electron chi connectivity index (χ3n) is 2.89. The summed E-state index contributed by atoms with van der Waals surface area (Å²) in [7, 11) is 1.72. The average molecular weight is 245 g/mol. The summed E-state index contributed by atoms with van der Waals surface area (Å²) >= 11 is 0. The zero-order valence-electron chi connectivity index (χ0n) is 11.8. The third kappa shape index (κ3) is 4.09. The van der Waals surface area contributed by atoms with Crippen LogP contribution in [0.25, 0.3) is 0 Å². The van der Waals surface area contributed by atoms with Crippen LogP contribution in [0.5, 0.6) is 5.75 Å². The van der Waals surface area contributed by atoms with Gasteiger partial charge in [-0.1, -0.05) is 19.1 Å². The predicted molar refractivity (Wildman–Crippen MR) is 76.8 cm³/mol. The highest BCUT2D eigenvalue weighted by molar-refractivity contribution is 5.39. The second-order valence-corrected chi connectivity index (χ2v) is 4.38. The molecule has 18 heavy (non-hydrogen) atoms. The minimum absolute atomic E-state index is 0.243. The van der Waals surface area contributed by atoms with Crippen LogP contribution >= 0.6 is 0 Å². The van der Waals surface area contributed by atoms with E-state index in [1.54, 1.807) is 7.11 Å². The van der Waals surface area contributed by atoms with E-state index in [2.05, 4.69) is 49.2 Å². The van der Waals surface area contributed by atoms with Crippen molar-refractivity contribution < 1.29 is 4.74 Å². The summed E-state index contributed by atoms with van der Waals surface area (Å²) in [5.74, 6) is 7.06. The van der Waals surface area contributed by atoms with Gasteiger partial charge in [0.15, 0.2) is 0 Å². The van der Waals surface area contributed by atoms with Gasteiger partial charge in [-0.2, -0.15) is 0 Å². The summed E-state index contributed by atoms with van der Waals surface area (Å²) in [6.45, 7) is 7.12. The Hall–Kier alpha value is -1.46. The van der Waals surface area contributed by atoms with Gasteiger partial charge in [0, 0.05) is 18.0 Å². The summed E-state index contributed by atoms with van der Waals surface area (Å²) in [6, 6.07) is 6.58. The highest BCUT2D eigenvalue weighted by Crippen LogP contribution is 2.28. The Labute approximate surface area is 111 Å². The molecule has 1 aromatic carbocycles. The van der Waals surface area contributed by atoms with E-state index in [-0.39, 0.29) is 6.04 Å². The monoisotopic (exact) mass is 245 g/mol. The number of nitrogens with one attached hydrogen (secondary N) is 1. The number of methoxy groups -OCH3 is 1. The lowest BCUT2D eigenvalue weighted by Gasteiger charge is -2.19. The Kier molecular flexibility index (Phi) is 6.32. The van der Waals surface area contributed by atoms with Crippen molar-refractivity contribution in [3.05, 3.63) is 29.3 Å². The maximum absolute atomic E-state index is 5.48. The van der Waals surface area contributed by atoms with Crippen LogP contribution in [0.4, 0.5) is 0 Å². The largest absolute Gasteiger partial charge is 0.496 e. The van der Waals surface area contributed by atoms with Crippen molar-refractivity contribution in [3.63, 3.8) is 0 Å². The summed E-state index contributed by atoms with van der Waals surface area (Å²) in [5, 5.41) is 3.53. The van der Waals surface area contributed by atoms with Crippen LogP contribution in [0, 0.1) is 18.8 Å². The highest BCUT2D eigenvalue weighted by Gasteiger charge is 2.14. The molecule has 0 saturated carbocycles. The molecule has 0 amide bonds. The van der Waals surface area contributed by atoms with Gasteiger partial charge in [-0.15, -0.1) is 11.8 Å². The molecule has 0 saturated heterocycles. The standard InChI is InChI=1S/C16H23NO/c1-5-7-8-15(17-11-6-2)14-10-9-13(3)12-16(14)18-4/h9-10,12,15,17H,6,8,11H2,1-4H3. The van der Waals surface area contributed by atoms with Gasteiger partial charge in [0.2, 0.25) is 0 Å². The molecule has 0 spiro atoms. The third-order valence-corrected chi connectivity index (χ3v) is 2.89. The SMILES string of the molecule is CC#CCC(NCCC)c1ccc(C)cc1OC. The van der Waals surface area contributed by atoms with Gasteiger partial charge in [-0.05, 0) is 38.4 Å². The number of hydrogen-bond acceptors (Lipinski definition) is 2. The number of hydrogen-bond donors (Lipinski definition) is 1. The van der Waals surface area contributed by atoms with Crippen molar-refractivity contribution in [2.75, 3.05) is 13.7 Å². The van der Waals surface area contributed by atoms with E-state index in [0.717, 1.165) is 25.1 Å². The molecule has 1 atom stereocenters. The molecule has 0 aliphatic carbocycles. The van der Waals surface area contributed by atoms with Gasteiger partial charge in [0.05, 0.1) is 7.11 Å². The first-order valence-corrected chi connectivity index (χ1v) is 6.50. The second-order valence-electron chi connectivity index (χ2n) is 4.38. The van der Waals surface area contributed by atoms with Crippen LogP contribution < -0.4 is 10.1 Å². The van der Waals surface area contributed by atoms with Gasteiger partial charge >= 0.3 is 0 Å². The Bertz CT molecular complexity index is 428. The highest BCUT2D eigenvalue weighted by atomic mass is 16.5. The first kappa shape index (κ1) is 14.6. The fourth-order valence-electron chi connectivity index (χ4n) is 1.92. The minimum atomic E-state index is 0.243. The van der Waals surface area contributed by atoms with E-state index in [1.807, 2.05) is 6.92 Å². The van der Waals surface area contributed by atoms with Crippen molar-refractivity contribution in [2.24, 2.45) is 0 Å². The van der Waals surface area contributed by atoms with Crippen molar-refractivity contribution in [2.45, 2.75) is 39.7 Å². The average Bonchev–Trinajstić information content (AvgIpc) is 2.39. The molecule has 1 aromatic rings. The van der Waals surface area contributed by atoms with E-state index in [1.165, 1.54) is 11.1 Å². The van der Waals surface area contributed by atoms with Gasteiger partial charge in [-0.3, -0.25) is 0 Å². The molecule has 0 fully saturated rings. The topological polar surface area (TPSA) is 21.3 Å². The molecule has 0 aromatic heterocycles. The zero-order valence-corrected chi connectivity index (χ0v) is 11.8. The smallest absolute Gasteiger partial charge is 0.123 e. The normalized spacial score (nSPS) is 11.6. The van der Waals surface area contributed by atoms with Crippen molar-refractivity contribution in [1.82, 2.24) is 5.32 Å². The Morgan fingerprint density at radius 2 is 2.17 bits per heavy atom. The lowest BCUT2D eigenvalue weighted by molar-refractivity contribution is 0.399. The molecule has 0 heterocycles. The maximum atomic E-state index is 5.48. The Morgan fingerprint density at radius 3 is 2.78 bits per heavy atom. The molecule has 0 radical (unpaired) electrons. The molecule has 0 aliphatic heterocycles. The van der Waals surface area contributed by atoms with E-state index in [9.17, 15) is 0 Å². The van der Waals surface area contributed by atoms with Crippen LogP contribution in [-0.2, 0) is 0 Å². The quantitative estimate of drug-likeness (QED) is 0.775. The number of benzene rings is 1. The number of ether oxygens (including phenoxy) is 1. The molecule has 2 nitrogen and oxygen atoms in total. The van der Waals surface area contributed by atoms with Crippen molar-refractivity contribution in [3.8, 4) is 17.6 Å². The van der Waals surface area contributed by atoms with Gasteiger partial charge in [0.25, 0.3) is 0 Å². The summed E-state index contributed by atoms with van der Waals surface area (Å²) in [5.41, 5.74) is 2.41. The lowest BCUT2D eigenvalue weighted by Crippen LogP contribution is -2.22. The molecule has 2 heteroatoms. The van der Waals surface area contributed by atoms with Gasteiger partial charge in [-0.25, -0.2) is 0 Å². The van der Waals surface area contributed by atoms with Crippen LogP contribution in [0.15, 0.2) is 18.2 Å². The molecule has 0 aliphatic rings. The summed E-state index contributed by atoms with van der Waals surface area (Å²) < 4.78 is 5.48. The molecule has 0 bridgehead atoms. The van der Waals surface area contributed by atoms with Crippen LogP contribution in [0.2, 0.25) is 0 Å². The van der Waals surface area contributed by atoms with E-state index in [0.29, 0.717) is 0 Å². The Balaban J connectivity index is 2.97. The van der Waals surface area contributed by atoms with Gasteiger partial charge in [0.1, 0.15) is 5.75 Å². The van der Waals surface area contributed by atoms with E-state index in [4.69, 9.17) is 4.74 Å². The predicted octanol–water partition coefficient (Wildman–Crippen LogP) is 3.46. The maximum Gasteiger partial charge on any atom is 0.123 e. The molecule has 1 N–H and O–H groups in total. The molecule has 98 valence electrons. The second kappa shape index (κ2) is 7.79.